The van der Waals surface area contributed by atoms with Crippen molar-refractivity contribution < 1.29 is 13.2 Å². The highest BCUT2D eigenvalue weighted by Gasteiger charge is 2.21. The third-order valence-corrected chi connectivity index (χ3v) is 6.47. The molecule has 152 valence electrons. The molecule has 0 saturated carbocycles. The van der Waals surface area contributed by atoms with Crippen LogP contribution in [0.25, 0.3) is 0 Å². The first-order valence-corrected chi connectivity index (χ1v) is 10.7. The average molecular weight is 404 g/mol. The SMILES string of the molecule is CC(C)c1ccc(CCNC(=O)c2ccc(N(C)S(=O)(=O)N(C)C)cc2)cc1. The standard InChI is InChI=1S/C21H29N3O3S/c1-16(2)18-8-6-17(7-9-18)14-15-22-21(25)19-10-12-20(13-11-19)24(5)28(26,27)23(3)4/h6-13,16H,14-15H2,1-5H3,(H,22,25). The van der Waals surface area contributed by atoms with Crippen molar-refractivity contribution in [1.29, 1.82) is 0 Å². The molecule has 7 heteroatoms. The van der Waals surface area contributed by atoms with Gasteiger partial charge in [0, 0.05) is 33.3 Å². The Hall–Kier alpha value is -2.38. The van der Waals surface area contributed by atoms with E-state index in [1.165, 1.54) is 36.6 Å². The first-order chi connectivity index (χ1) is 13.1. The Morgan fingerprint density at radius 3 is 2.04 bits per heavy atom. The summed E-state index contributed by atoms with van der Waals surface area (Å²) in [5.41, 5.74) is 3.47. The van der Waals surface area contributed by atoms with Crippen LogP contribution in [0.4, 0.5) is 5.69 Å². The Bertz CT molecular complexity index is 889. The third-order valence-electron chi connectivity index (χ3n) is 4.65. The predicted molar refractivity (Wildman–Crippen MR) is 114 cm³/mol. The summed E-state index contributed by atoms with van der Waals surface area (Å²) in [4.78, 5) is 12.3. The Balaban J connectivity index is 1.92. The van der Waals surface area contributed by atoms with Crippen LogP contribution in [0, 0.1) is 0 Å². The number of amides is 1. The van der Waals surface area contributed by atoms with Gasteiger partial charge in [-0.2, -0.15) is 12.7 Å². The zero-order chi connectivity index (χ0) is 20.9. The van der Waals surface area contributed by atoms with Gasteiger partial charge in [-0.3, -0.25) is 9.10 Å². The fraction of sp³-hybridized carbons (Fsp3) is 0.381. The van der Waals surface area contributed by atoms with Gasteiger partial charge in [0.1, 0.15) is 0 Å². The molecular weight excluding hydrogens is 374 g/mol. The fourth-order valence-electron chi connectivity index (χ4n) is 2.69. The first-order valence-electron chi connectivity index (χ1n) is 9.26. The molecule has 0 aromatic heterocycles. The van der Waals surface area contributed by atoms with E-state index in [1.54, 1.807) is 24.3 Å². The van der Waals surface area contributed by atoms with Crippen LogP contribution < -0.4 is 9.62 Å². The van der Waals surface area contributed by atoms with Crippen LogP contribution in [0.2, 0.25) is 0 Å². The zero-order valence-electron chi connectivity index (χ0n) is 17.1. The maximum absolute atomic E-state index is 12.3. The molecule has 1 N–H and O–H groups in total. The number of carbonyl (C=O) groups is 1. The van der Waals surface area contributed by atoms with Gasteiger partial charge in [0.05, 0.1) is 5.69 Å². The molecule has 2 aromatic carbocycles. The largest absolute Gasteiger partial charge is 0.352 e. The van der Waals surface area contributed by atoms with Crippen molar-refractivity contribution in [3.05, 3.63) is 65.2 Å². The van der Waals surface area contributed by atoms with Crippen molar-refractivity contribution in [2.75, 3.05) is 32.0 Å². The van der Waals surface area contributed by atoms with E-state index in [0.29, 0.717) is 23.7 Å². The molecule has 0 saturated heterocycles. The van der Waals surface area contributed by atoms with E-state index in [4.69, 9.17) is 0 Å². The van der Waals surface area contributed by atoms with Crippen LogP contribution in [0.3, 0.4) is 0 Å². The summed E-state index contributed by atoms with van der Waals surface area (Å²) in [6.07, 6.45) is 0.756. The van der Waals surface area contributed by atoms with E-state index >= 15 is 0 Å². The topological polar surface area (TPSA) is 69.7 Å². The molecule has 0 bridgehead atoms. The summed E-state index contributed by atoms with van der Waals surface area (Å²) in [5.74, 6) is 0.326. The molecule has 0 fully saturated rings. The second-order valence-corrected chi connectivity index (χ2v) is 9.38. The zero-order valence-corrected chi connectivity index (χ0v) is 18.0. The van der Waals surface area contributed by atoms with Gasteiger partial charge in [0.25, 0.3) is 5.91 Å². The molecule has 2 rings (SSSR count). The number of benzene rings is 2. The molecule has 0 aliphatic rings. The Morgan fingerprint density at radius 2 is 1.54 bits per heavy atom. The maximum Gasteiger partial charge on any atom is 0.303 e. The summed E-state index contributed by atoms with van der Waals surface area (Å²) >= 11 is 0. The molecule has 0 aliphatic heterocycles. The van der Waals surface area contributed by atoms with Crippen LogP contribution in [-0.4, -0.2) is 46.3 Å². The van der Waals surface area contributed by atoms with E-state index < -0.39 is 10.2 Å². The van der Waals surface area contributed by atoms with Crippen molar-refractivity contribution in [3.8, 4) is 0 Å². The van der Waals surface area contributed by atoms with E-state index in [2.05, 4.69) is 43.4 Å². The predicted octanol–water partition coefficient (Wildman–Crippen LogP) is 3.03. The van der Waals surface area contributed by atoms with E-state index in [1.807, 2.05) is 0 Å². The first kappa shape index (κ1) is 21.9. The highest BCUT2D eigenvalue weighted by Crippen LogP contribution is 2.18. The number of hydrogen-bond acceptors (Lipinski definition) is 3. The van der Waals surface area contributed by atoms with Crippen molar-refractivity contribution in [2.45, 2.75) is 26.2 Å². The van der Waals surface area contributed by atoms with Gasteiger partial charge in [-0.05, 0) is 47.7 Å². The fourth-order valence-corrected chi connectivity index (χ4v) is 3.57. The second kappa shape index (κ2) is 9.21. The highest BCUT2D eigenvalue weighted by molar-refractivity contribution is 7.90. The van der Waals surface area contributed by atoms with Gasteiger partial charge in [-0.1, -0.05) is 38.1 Å². The minimum atomic E-state index is -3.55. The summed E-state index contributed by atoms with van der Waals surface area (Å²) < 4.78 is 26.6. The summed E-state index contributed by atoms with van der Waals surface area (Å²) in [6, 6.07) is 14.9. The monoisotopic (exact) mass is 403 g/mol. The molecule has 6 nitrogen and oxygen atoms in total. The molecule has 0 heterocycles. The quantitative estimate of drug-likeness (QED) is 0.737. The maximum atomic E-state index is 12.3. The number of nitrogens with one attached hydrogen (secondary N) is 1. The van der Waals surface area contributed by atoms with Gasteiger partial charge >= 0.3 is 10.2 Å². The smallest absolute Gasteiger partial charge is 0.303 e. The lowest BCUT2D eigenvalue weighted by Gasteiger charge is -2.23. The van der Waals surface area contributed by atoms with E-state index in [9.17, 15) is 13.2 Å². The number of rotatable bonds is 8. The highest BCUT2D eigenvalue weighted by atomic mass is 32.2. The minimum absolute atomic E-state index is 0.177. The van der Waals surface area contributed by atoms with Gasteiger partial charge in [0.15, 0.2) is 0 Å². The van der Waals surface area contributed by atoms with Gasteiger partial charge < -0.3 is 5.32 Å². The molecule has 0 atom stereocenters. The van der Waals surface area contributed by atoms with Crippen molar-refractivity contribution >= 4 is 21.8 Å². The number of hydrogen-bond donors (Lipinski definition) is 1. The lowest BCUT2D eigenvalue weighted by atomic mass is 10.0. The molecule has 0 unspecified atom stereocenters. The second-order valence-electron chi connectivity index (χ2n) is 7.21. The van der Waals surface area contributed by atoms with Crippen molar-refractivity contribution in [2.24, 2.45) is 0 Å². The molecule has 2 aromatic rings. The minimum Gasteiger partial charge on any atom is -0.352 e. The molecule has 0 radical (unpaired) electrons. The molecular formula is C21H29N3O3S. The van der Waals surface area contributed by atoms with Crippen LogP contribution in [0.1, 0.15) is 41.3 Å². The Morgan fingerprint density at radius 1 is 0.964 bits per heavy atom. The Kier molecular flexibility index (Phi) is 7.21. The third kappa shape index (κ3) is 5.33. The Labute approximate surface area is 168 Å². The van der Waals surface area contributed by atoms with Crippen molar-refractivity contribution in [3.63, 3.8) is 0 Å². The summed E-state index contributed by atoms with van der Waals surface area (Å²) in [6.45, 7) is 4.86. The van der Waals surface area contributed by atoms with Crippen LogP contribution in [-0.2, 0) is 16.6 Å². The van der Waals surface area contributed by atoms with Gasteiger partial charge in [0.2, 0.25) is 0 Å². The lowest BCUT2D eigenvalue weighted by molar-refractivity contribution is 0.0954. The van der Waals surface area contributed by atoms with Crippen molar-refractivity contribution in [1.82, 2.24) is 9.62 Å². The normalized spacial score (nSPS) is 11.7. The average Bonchev–Trinajstić information content (AvgIpc) is 2.67. The van der Waals surface area contributed by atoms with E-state index in [0.717, 1.165) is 10.7 Å². The summed E-state index contributed by atoms with van der Waals surface area (Å²) in [7, 11) is 0.883. The molecule has 0 spiro atoms. The number of anilines is 1. The van der Waals surface area contributed by atoms with Gasteiger partial charge in [-0.25, -0.2) is 0 Å². The van der Waals surface area contributed by atoms with Gasteiger partial charge in [-0.15, -0.1) is 0 Å². The van der Waals surface area contributed by atoms with Crippen LogP contribution >= 0.6 is 0 Å². The van der Waals surface area contributed by atoms with Crippen LogP contribution in [0.15, 0.2) is 48.5 Å². The van der Waals surface area contributed by atoms with Crippen LogP contribution in [0.5, 0.6) is 0 Å². The molecule has 1 amide bonds. The van der Waals surface area contributed by atoms with E-state index in [-0.39, 0.29) is 5.91 Å². The molecule has 28 heavy (non-hydrogen) atoms. The lowest BCUT2D eigenvalue weighted by Crippen LogP contribution is -2.37. The number of carbonyl (C=O) groups excluding carboxylic acids is 1. The number of nitrogens with zero attached hydrogens (tertiary/aromatic N) is 2. The molecule has 0 aliphatic carbocycles. The summed E-state index contributed by atoms with van der Waals surface area (Å²) in [5, 5.41) is 2.90.